The van der Waals surface area contributed by atoms with Crippen LogP contribution in [0.4, 0.5) is 0 Å². The van der Waals surface area contributed by atoms with Crippen LogP contribution >= 0.6 is 0 Å². The molecule has 1 aliphatic rings. The van der Waals surface area contributed by atoms with Gasteiger partial charge in [-0.2, -0.15) is 0 Å². The third kappa shape index (κ3) is 2.52. The number of aromatic nitrogens is 2. The molecule has 0 amide bonds. The molecule has 0 aromatic carbocycles. The lowest BCUT2D eigenvalue weighted by Gasteiger charge is -2.01. The fourth-order valence-corrected chi connectivity index (χ4v) is 2.49. The predicted octanol–water partition coefficient (Wildman–Crippen LogP) is 3.21. The quantitative estimate of drug-likeness (QED) is 0.797. The topological polar surface area (TPSA) is 25.8 Å². The minimum Gasteiger partial charge on any atom is -0.265 e. The highest BCUT2D eigenvalue weighted by Gasteiger charge is 2.37. The zero-order valence-corrected chi connectivity index (χ0v) is 9.79. The highest BCUT2D eigenvalue weighted by atomic mass is 14.6. The third-order valence-electron chi connectivity index (χ3n) is 3.61. The number of hydrogen-bond acceptors (Lipinski definition) is 2. The van der Waals surface area contributed by atoms with E-state index in [-0.39, 0.29) is 0 Å². The SMILES string of the molecule is c1cc(CCC2CC2c2ccncc2)ccn1. The van der Waals surface area contributed by atoms with Crippen LogP contribution in [-0.4, -0.2) is 9.97 Å². The molecule has 0 aliphatic heterocycles. The summed E-state index contributed by atoms with van der Waals surface area (Å²) in [5, 5.41) is 0. The molecular formula is C15H16N2. The van der Waals surface area contributed by atoms with Crippen molar-refractivity contribution < 1.29 is 0 Å². The zero-order valence-electron chi connectivity index (χ0n) is 9.79. The fourth-order valence-electron chi connectivity index (χ4n) is 2.49. The van der Waals surface area contributed by atoms with Crippen molar-refractivity contribution in [2.45, 2.75) is 25.2 Å². The Morgan fingerprint density at radius 2 is 1.59 bits per heavy atom. The largest absolute Gasteiger partial charge is 0.265 e. The Bertz CT molecular complexity index is 467. The van der Waals surface area contributed by atoms with Crippen molar-refractivity contribution in [1.29, 1.82) is 0 Å². The highest BCUT2D eigenvalue weighted by molar-refractivity contribution is 5.23. The summed E-state index contributed by atoms with van der Waals surface area (Å²) in [6.45, 7) is 0. The van der Waals surface area contributed by atoms with Gasteiger partial charge in [-0.15, -0.1) is 0 Å². The molecule has 0 saturated heterocycles. The van der Waals surface area contributed by atoms with Crippen LogP contribution in [0.25, 0.3) is 0 Å². The molecule has 2 heteroatoms. The molecule has 2 atom stereocenters. The van der Waals surface area contributed by atoms with E-state index >= 15 is 0 Å². The average Bonchev–Trinajstić information content (AvgIpc) is 3.18. The van der Waals surface area contributed by atoms with Gasteiger partial charge >= 0.3 is 0 Å². The molecule has 1 fully saturated rings. The Hall–Kier alpha value is -1.70. The smallest absolute Gasteiger partial charge is 0.0270 e. The summed E-state index contributed by atoms with van der Waals surface area (Å²) in [5.74, 6) is 1.64. The van der Waals surface area contributed by atoms with Gasteiger partial charge in [-0.25, -0.2) is 0 Å². The van der Waals surface area contributed by atoms with E-state index in [2.05, 4.69) is 34.2 Å². The van der Waals surface area contributed by atoms with E-state index in [1.165, 1.54) is 30.4 Å². The number of nitrogens with zero attached hydrogens (tertiary/aromatic N) is 2. The van der Waals surface area contributed by atoms with Gasteiger partial charge < -0.3 is 0 Å². The van der Waals surface area contributed by atoms with E-state index in [0.29, 0.717) is 0 Å². The zero-order chi connectivity index (χ0) is 11.5. The summed E-state index contributed by atoms with van der Waals surface area (Å²) < 4.78 is 0. The Morgan fingerprint density at radius 1 is 0.941 bits per heavy atom. The molecule has 17 heavy (non-hydrogen) atoms. The van der Waals surface area contributed by atoms with Crippen molar-refractivity contribution in [1.82, 2.24) is 9.97 Å². The summed E-state index contributed by atoms with van der Waals surface area (Å²) in [6, 6.07) is 8.53. The van der Waals surface area contributed by atoms with Gasteiger partial charge in [-0.05, 0) is 66.5 Å². The Morgan fingerprint density at radius 3 is 2.29 bits per heavy atom. The van der Waals surface area contributed by atoms with Crippen LogP contribution in [0.3, 0.4) is 0 Å². The third-order valence-corrected chi connectivity index (χ3v) is 3.61. The maximum Gasteiger partial charge on any atom is 0.0270 e. The van der Waals surface area contributed by atoms with Crippen molar-refractivity contribution in [3.8, 4) is 0 Å². The van der Waals surface area contributed by atoms with Crippen LogP contribution < -0.4 is 0 Å². The van der Waals surface area contributed by atoms with Gasteiger partial charge in [0.25, 0.3) is 0 Å². The van der Waals surface area contributed by atoms with Crippen molar-refractivity contribution in [2.75, 3.05) is 0 Å². The molecule has 2 nitrogen and oxygen atoms in total. The molecule has 2 aromatic rings. The van der Waals surface area contributed by atoms with E-state index in [4.69, 9.17) is 0 Å². The van der Waals surface area contributed by atoms with Gasteiger partial charge in [0.05, 0.1) is 0 Å². The van der Waals surface area contributed by atoms with Crippen LogP contribution in [0.1, 0.15) is 29.9 Å². The lowest BCUT2D eigenvalue weighted by molar-refractivity contribution is 0.703. The van der Waals surface area contributed by atoms with Crippen LogP contribution in [0.15, 0.2) is 49.1 Å². The molecule has 0 N–H and O–H groups in total. The molecule has 2 heterocycles. The van der Waals surface area contributed by atoms with Crippen LogP contribution in [-0.2, 0) is 6.42 Å². The lowest BCUT2D eigenvalue weighted by Crippen LogP contribution is -1.89. The molecule has 2 unspecified atom stereocenters. The van der Waals surface area contributed by atoms with E-state index < -0.39 is 0 Å². The first-order valence-electron chi connectivity index (χ1n) is 6.22. The highest BCUT2D eigenvalue weighted by Crippen LogP contribution is 2.49. The summed E-state index contributed by atoms with van der Waals surface area (Å²) in [5.41, 5.74) is 2.86. The lowest BCUT2D eigenvalue weighted by atomic mass is 10.1. The van der Waals surface area contributed by atoms with Gasteiger partial charge in [0, 0.05) is 24.8 Å². The molecule has 86 valence electrons. The molecule has 3 rings (SSSR count). The standard InChI is InChI=1S/C15H16N2/c1(12-3-7-16-8-4-12)2-14-11-15(14)13-5-9-17-10-6-13/h3-10,14-15H,1-2,11H2. The van der Waals surface area contributed by atoms with Crippen molar-refractivity contribution >= 4 is 0 Å². The first kappa shape index (κ1) is 10.5. The second kappa shape index (κ2) is 4.66. The second-order valence-corrected chi connectivity index (χ2v) is 4.78. The van der Waals surface area contributed by atoms with Gasteiger partial charge in [0.1, 0.15) is 0 Å². The average molecular weight is 224 g/mol. The van der Waals surface area contributed by atoms with E-state index in [1.54, 1.807) is 0 Å². The summed E-state index contributed by atoms with van der Waals surface area (Å²) in [4.78, 5) is 8.11. The fraction of sp³-hybridized carbons (Fsp3) is 0.333. The maximum atomic E-state index is 4.07. The molecule has 0 radical (unpaired) electrons. The summed E-state index contributed by atoms with van der Waals surface area (Å²) >= 11 is 0. The molecule has 1 aliphatic carbocycles. The van der Waals surface area contributed by atoms with Crippen molar-refractivity contribution in [2.24, 2.45) is 5.92 Å². The van der Waals surface area contributed by atoms with Gasteiger partial charge in [-0.3, -0.25) is 9.97 Å². The van der Waals surface area contributed by atoms with E-state index in [0.717, 1.165) is 11.8 Å². The molecule has 2 aromatic heterocycles. The van der Waals surface area contributed by atoms with Crippen LogP contribution in [0, 0.1) is 5.92 Å². The second-order valence-electron chi connectivity index (χ2n) is 4.78. The van der Waals surface area contributed by atoms with Crippen LogP contribution in [0.2, 0.25) is 0 Å². The normalized spacial score (nSPS) is 22.4. The van der Waals surface area contributed by atoms with Gasteiger partial charge in [0.15, 0.2) is 0 Å². The van der Waals surface area contributed by atoms with Crippen LogP contribution in [0.5, 0.6) is 0 Å². The van der Waals surface area contributed by atoms with Gasteiger partial charge in [0.2, 0.25) is 0 Å². The Balaban J connectivity index is 1.53. The van der Waals surface area contributed by atoms with E-state index in [1.807, 2.05) is 24.8 Å². The predicted molar refractivity (Wildman–Crippen MR) is 67.6 cm³/mol. The first-order valence-corrected chi connectivity index (χ1v) is 6.22. The van der Waals surface area contributed by atoms with Gasteiger partial charge in [-0.1, -0.05) is 0 Å². The summed E-state index contributed by atoms with van der Waals surface area (Å²) in [6.07, 6.45) is 11.4. The first-order chi connectivity index (χ1) is 8.43. The number of rotatable bonds is 4. The van der Waals surface area contributed by atoms with E-state index in [9.17, 15) is 0 Å². The molecule has 1 saturated carbocycles. The van der Waals surface area contributed by atoms with Crippen molar-refractivity contribution in [3.05, 3.63) is 60.2 Å². The Labute approximate surface area is 102 Å². The summed E-state index contributed by atoms with van der Waals surface area (Å²) in [7, 11) is 0. The molecule has 0 spiro atoms. The molecular weight excluding hydrogens is 208 g/mol. The number of aryl methyl sites for hydroxylation is 1. The minimum absolute atomic E-state index is 0.778. The maximum absolute atomic E-state index is 4.07. The number of pyridine rings is 2. The molecule has 0 bridgehead atoms. The Kier molecular flexibility index (Phi) is 2.87. The van der Waals surface area contributed by atoms with Crippen molar-refractivity contribution in [3.63, 3.8) is 0 Å². The minimum atomic E-state index is 0.778. The monoisotopic (exact) mass is 224 g/mol. The number of hydrogen-bond donors (Lipinski definition) is 0.